The van der Waals surface area contributed by atoms with Crippen LogP contribution in [0, 0.1) is 6.92 Å². The summed E-state index contributed by atoms with van der Waals surface area (Å²) in [6, 6.07) is 3.94. The van der Waals surface area contributed by atoms with Crippen LogP contribution in [0.4, 0.5) is 5.82 Å². The monoisotopic (exact) mass is 222 g/mol. The minimum absolute atomic E-state index is 0.243. The fourth-order valence-electron chi connectivity index (χ4n) is 1.52. The summed E-state index contributed by atoms with van der Waals surface area (Å²) in [6.45, 7) is 5.62. The predicted octanol–water partition coefficient (Wildman–Crippen LogP) is 1.35. The van der Waals surface area contributed by atoms with Crippen molar-refractivity contribution in [1.29, 1.82) is 0 Å². The molecule has 0 aliphatic rings. The van der Waals surface area contributed by atoms with E-state index in [1.165, 1.54) is 0 Å². The molecule has 5 nitrogen and oxygen atoms in total. The molecule has 1 aromatic heterocycles. The number of anilines is 1. The van der Waals surface area contributed by atoms with Crippen LogP contribution in [0.1, 0.15) is 18.9 Å². The Morgan fingerprint density at radius 3 is 2.94 bits per heavy atom. The van der Waals surface area contributed by atoms with E-state index in [0.29, 0.717) is 13.0 Å². The van der Waals surface area contributed by atoms with Gasteiger partial charge >= 0.3 is 0 Å². The Morgan fingerprint density at radius 1 is 1.62 bits per heavy atom. The van der Waals surface area contributed by atoms with E-state index in [1.54, 1.807) is 6.20 Å². The molecule has 0 spiro atoms. The zero-order chi connectivity index (χ0) is 12.0. The lowest BCUT2D eigenvalue weighted by Crippen LogP contribution is -2.29. The Hall–Kier alpha value is -1.78. The van der Waals surface area contributed by atoms with Crippen LogP contribution < -0.4 is 10.6 Å². The van der Waals surface area contributed by atoms with E-state index in [9.17, 15) is 0 Å². The molecule has 1 heterocycles. The number of nitrogens with two attached hydrogens (primary N) is 1. The van der Waals surface area contributed by atoms with Gasteiger partial charge in [-0.2, -0.15) is 0 Å². The highest BCUT2D eigenvalue weighted by Crippen LogP contribution is 2.15. The molecule has 5 heteroatoms. The molecule has 0 aliphatic heterocycles. The molecule has 0 atom stereocenters. The van der Waals surface area contributed by atoms with Gasteiger partial charge in [0.2, 0.25) is 0 Å². The van der Waals surface area contributed by atoms with Gasteiger partial charge in [0.25, 0.3) is 0 Å². The van der Waals surface area contributed by atoms with Crippen LogP contribution in [0.3, 0.4) is 0 Å². The quantitative estimate of drug-likeness (QED) is 0.341. The second-order valence-corrected chi connectivity index (χ2v) is 3.56. The van der Waals surface area contributed by atoms with Crippen LogP contribution >= 0.6 is 0 Å². The van der Waals surface area contributed by atoms with Crippen LogP contribution in [0.25, 0.3) is 0 Å². The molecule has 0 aromatic carbocycles. The molecular formula is C11H18N4O. The minimum atomic E-state index is 0.243. The maximum absolute atomic E-state index is 8.47. The van der Waals surface area contributed by atoms with Gasteiger partial charge in [-0.15, -0.1) is 0 Å². The SMILES string of the molecule is CCN(CCC(N)=NO)c1ncccc1C. The zero-order valence-corrected chi connectivity index (χ0v) is 9.72. The van der Waals surface area contributed by atoms with Gasteiger partial charge in [0.1, 0.15) is 11.7 Å². The van der Waals surface area contributed by atoms with E-state index in [2.05, 4.69) is 22.0 Å². The van der Waals surface area contributed by atoms with E-state index in [4.69, 9.17) is 10.9 Å². The van der Waals surface area contributed by atoms with E-state index < -0.39 is 0 Å². The molecule has 0 fully saturated rings. The normalized spacial score (nSPS) is 11.5. The average Bonchev–Trinajstić information content (AvgIpc) is 2.31. The number of aryl methyl sites for hydroxylation is 1. The topological polar surface area (TPSA) is 74.7 Å². The second kappa shape index (κ2) is 5.95. The van der Waals surface area contributed by atoms with Crippen molar-refractivity contribution in [2.45, 2.75) is 20.3 Å². The molecule has 0 unspecified atom stereocenters. The standard InChI is InChI=1S/C11H18N4O/c1-3-15(8-6-10(12)14-16)11-9(2)5-4-7-13-11/h4-5,7,16H,3,6,8H2,1-2H3,(H2,12,14). The van der Waals surface area contributed by atoms with Gasteiger partial charge in [0.15, 0.2) is 0 Å². The minimum Gasteiger partial charge on any atom is -0.409 e. The molecule has 3 N–H and O–H groups in total. The largest absolute Gasteiger partial charge is 0.409 e. The summed E-state index contributed by atoms with van der Waals surface area (Å²) in [4.78, 5) is 6.44. The van der Waals surface area contributed by atoms with Crippen LogP contribution in [0.2, 0.25) is 0 Å². The fourth-order valence-corrected chi connectivity index (χ4v) is 1.52. The summed E-state index contributed by atoms with van der Waals surface area (Å²) in [5, 5.41) is 11.4. The first-order valence-corrected chi connectivity index (χ1v) is 5.32. The second-order valence-electron chi connectivity index (χ2n) is 3.56. The van der Waals surface area contributed by atoms with Gasteiger partial charge in [-0.1, -0.05) is 11.2 Å². The summed E-state index contributed by atoms with van der Waals surface area (Å²) in [7, 11) is 0. The molecule has 0 bridgehead atoms. The lowest BCUT2D eigenvalue weighted by Gasteiger charge is -2.23. The number of rotatable bonds is 5. The van der Waals surface area contributed by atoms with Crippen molar-refractivity contribution >= 4 is 11.7 Å². The van der Waals surface area contributed by atoms with Crippen molar-refractivity contribution in [1.82, 2.24) is 4.98 Å². The van der Waals surface area contributed by atoms with E-state index in [1.807, 2.05) is 19.1 Å². The number of hydrogen-bond donors (Lipinski definition) is 2. The molecule has 1 aromatic rings. The van der Waals surface area contributed by atoms with Crippen molar-refractivity contribution in [2.75, 3.05) is 18.0 Å². The number of aromatic nitrogens is 1. The zero-order valence-electron chi connectivity index (χ0n) is 9.72. The lowest BCUT2D eigenvalue weighted by molar-refractivity contribution is 0.317. The molecule has 88 valence electrons. The average molecular weight is 222 g/mol. The Labute approximate surface area is 95.6 Å². The van der Waals surface area contributed by atoms with Crippen LogP contribution in [0.15, 0.2) is 23.5 Å². The van der Waals surface area contributed by atoms with Crippen molar-refractivity contribution in [3.63, 3.8) is 0 Å². The van der Waals surface area contributed by atoms with Crippen molar-refractivity contribution in [3.05, 3.63) is 23.9 Å². The summed E-state index contributed by atoms with van der Waals surface area (Å²) in [5.41, 5.74) is 6.57. The summed E-state index contributed by atoms with van der Waals surface area (Å²) in [6.07, 6.45) is 2.30. The highest BCUT2D eigenvalue weighted by atomic mass is 16.4. The Kier molecular flexibility index (Phi) is 4.57. The van der Waals surface area contributed by atoms with Crippen LogP contribution in [-0.2, 0) is 0 Å². The van der Waals surface area contributed by atoms with Gasteiger partial charge in [-0.25, -0.2) is 4.98 Å². The van der Waals surface area contributed by atoms with Gasteiger partial charge in [0, 0.05) is 25.7 Å². The predicted molar refractivity (Wildman–Crippen MR) is 64.9 cm³/mol. The third-order valence-electron chi connectivity index (χ3n) is 2.43. The summed E-state index contributed by atoms with van der Waals surface area (Å²) < 4.78 is 0. The van der Waals surface area contributed by atoms with E-state index >= 15 is 0 Å². The highest BCUT2D eigenvalue weighted by Gasteiger charge is 2.08. The number of amidine groups is 1. The molecule has 0 aliphatic carbocycles. The number of nitrogens with zero attached hydrogens (tertiary/aromatic N) is 3. The van der Waals surface area contributed by atoms with E-state index in [0.717, 1.165) is 17.9 Å². The van der Waals surface area contributed by atoms with Gasteiger partial charge in [-0.3, -0.25) is 0 Å². The van der Waals surface area contributed by atoms with Crippen molar-refractivity contribution in [3.8, 4) is 0 Å². The van der Waals surface area contributed by atoms with Gasteiger partial charge < -0.3 is 15.8 Å². The molecular weight excluding hydrogens is 204 g/mol. The smallest absolute Gasteiger partial charge is 0.140 e. The molecule has 16 heavy (non-hydrogen) atoms. The summed E-state index contributed by atoms with van der Waals surface area (Å²) in [5.74, 6) is 1.20. The Morgan fingerprint density at radius 2 is 2.38 bits per heavy atom. The van der Waals surface area contributed by atoms with Crippen molar-refractivity contribution in [2.24, 2.45) is 10.9 Å². The summed E-state index contributed by atoms with van der Waals surface area (Å²) >= 11 is 0. The van der Waals surface area contributed by atoms with Gasteiger partial charge in [0.05, 0.1) is 0 Å². The number of pyridine rings is 1. The fraction of sp³-hybridized carbons (Fsp3) is 0.455. The van der Waals surface area contributed by atoms with Crippen LogP contribution in [0.5, 0.6) is 0 Å². The third kappa shape index (κ3) is 3.12. The molecule has 0 saturated heterocycles. The number of hydrogen-bond acceptors (Lipinski definition) is 4. The Bertz CT molecular complexity index is 365. The first kappa shape index (κ1) is 12.3. The molecule has 1 rings (SSSR count). The maximum atomic E-state index is 8.47. The van der Waals surface area contributed by atoms with Gasteiger partial charge in [-0.05, 0) is 25.5 Å². The van der Waals surface area contributed by atoms with E-state index in [-0.39, 0.29) is 5.84 Å². The lowest BCUT2D eigenvalue weighted by atomic mass is 10.2. The molecule has 0 saturated carbocycles. The number of oxime groups is 1. The van der Waals surface area contributed by atoms with Crippen molar-refractivity contribution < 1.29 is 5.21 Å². The first-order chi connectivity index (χ1) is 7.69. The third-order valence-corrected chi connectivity index (χ3v) is 2.43. The highest BCUT2D eigenvalue weighted by molar-refractivity contribution is 5.80. The maximum Gasteiger partial charge on any atom is 0.140 e. The first-order valence-electron chi connectivity index (χ1n) is 5.32. The molecule has 0 radical (unpaired) electrons. The Balaban J connectivity index is 2.71. The van der Waals surface area contributed by atoms with Crippen LogP contribution in [-0.4, -0.2) is 29.1 Å². The molecule has 0 amide bonds.